The second kappa shape index (κ2) is 7.88. The Kier molecular flexibility index (Phi) is 5.44. The molecular weight excluding hydrogens is 453 g/mol. The fourth-order valence-corrected chi connectivity index (χ4v) is 4.06. The number of H-pyrrole nitrogens is 1. The third-order valence-electron chi connectivity index (χ3n) is 4.50. The van der Waals surface area contributed by atoms with E-state index >= 15 is 0 Å². The maximum absolute atomic E-state index is 6.42. The first-order chi connectivity index (χ1) is 13.9. The van der Waals surface area contributed by atoms with Crippen LogP contribution < -0.4 is 9.47 Å². The summed E-state index contributed by atoms with van der Waals surface area (Å²) in [5.74, 6) is 1.12. The molecule has 9 heteroatoms. The summed E-state index contributed by atoms with van der Waals surface area (Å²) < 4.78 is 13.0. The predicted molar refractivity (Wildman–Crippen MR) is 119 cm³/mol. The summed E-state index contributed by atoms with van der Waals surface area (Å²) in [6, 6.07) is 8.82. The van der Waals surface area contributed by atoms with Crippen LogP contribution in [0, 0.1) is 4.77 Å². The van der Waals surface area contributed by atoms with Gasteiger partial charge in [0.1, 0.15) is 17.1 Å². The molecule has 2 aromatic heterocycles. The SMILES string of the molecule is COc1cc(-c2cn3c(=S)ncc(-c4ccc(Cl)cc4Cl)c3[nH]2)c(OC)cc1Cl. The maximum Gasteiger partial charge on any atom is 0.205 e. The molecule has 0 aliphatic carbocycles. The van der Waals surface area contributed by atoms with Crippen LogP contribution in [0.15, 0.2) is 42.7 Å². The number of fused-ring (bicyclic) bond motifs is 1. The van der Waals surface area contributed by atoms with Crippen molar-refractivity contribution in [3.05, 3.63) is 62.6 Å². The molecule has 0 atom stereocenters. The molecule has 0 aliphatic rings. The number of nitrogens with one attached hydrogen (secondary N) is 1. The molecule has 0 saturated carbocycles. The average molecular weight is 467 g/mol. The number of aromatic nitrogens is 3. The lowest BCUT2D eigenvalue weighted by Crippen LogP contribution is -1.93. The number of rotatable bonds is 4. The molecule has 0 bridgehead atoms. The van der Waals surface area contributed by atoms with E-state index < -0.39 is 0 Å². The minimum Gasteiger partial charge on any atom is -0.496 e. The van der Waals surface area contributed by atoms with Crippen molar-refractivity contribution in [3.8, 4) is 33.9 Å². The van der Waals surface area contributed by atoms with Crippen molar-refractivity contribution in [2.45, 2.75) is 0 Å². The number of benzene rings is 2. The van der Waals surface area contributed by atoms with Crippen LogP contribution >= 0.6 is 47.0 Å². The van der Waals surface area contributed by atoms with E-state index in [4.69, 9.17) is 56.5 Å². The van der Waals surface area contributed by atoms with Crippen LogP contribution in [0.4, 0.5) is 0 Å². The van der Waals surface area contributed by atoms with Crippen LogP contribution in [0.3, 0.4) is 0 Å². The van der Waals surface area contributed by atoms with E-state index in [1.807, 2.05) is 12.3 Å². The van der Waals surface area contributed by atoms with Gasteiger partial charge in [0.15, 0.2) is 0 Å². The summed E-state index contributed by atoms with van der Waals surface area (Å²) in [7, 11) is 3.14. The van der Waals surface area contributed by atoms with Gasteiger partial charge in [0.25, 0.3) is 0 Å². The highest BCUT2D eigenvalue weighted by Gasteiger charge is 2.17. The van der Waals surface area contributed by atoms with Gasteiger partial charge in [0, 0.05) is 40.2 Å². The lowest BCUT2D eigenvalue weighted by molar-refractivity contribution is 0.404. The third-order valence-corrected chi connectivity index (χ3v) is 5.65. The van der Waals surface area contributed by atoms with Crippen molar-refractivity contribution in [1.29, 1.82) is 0 Å². The van der Waals surface area contributed by atoms with Crippen molar-refractivity contribution in [3.63, 3.8) is 0 Å². The molecule has 0 saturated heterocycles. The van der Waals surface area contributed by atoms with Crippen molar-refractivity contribution >= 4 is 52.7 Å². The first-order valence-corrected chi connectivity index (χ1v) is 9.95. The molecular formula is C20H14Cl3N3O2S. The molecule has 0 radical (unpaired) electrons. The van der Waals surface area contributed by atoms with Gasteiger partial charge in [-0.25, -0.2) is 4.98 Å². The number of hydrogen-bond donors (Lipinski definition) is 1. The van der Waals surface area contributed by atoms with Crippen LogP contribution in [0.25, 0.3) is 28.0 Å². The van der Waals surface area contributed by atoms with E-state index in [1.54, 1.807) is 49.1 Å². The molecule has 5 nitrogen and oxygen atoms in total. The second-order valence-electron chi connectivity index (χ2n) is 6.15. The summed E-state index contributed by atoms with van der Waals surface area (Å²) in [6.45, 7) is 0. The Morgan fingerprint density at radius 1 is 0.931 bits per heavy atom. The smallest absolute Gasteiger partial charge is 0.205 e. The predicted octanol–water partition coefficient (Wildman–Crippen LogP) is 6.70. The molecule has 1 N–H and O–H groups in total. The highest BCUT2D eigenvalue weighted by atomic mass is 35.5. The van der Waals surface area contributed by atoms with E-state index in [2.05, 4.69) is 9.97 Å². The number of halogens is 3. The first kappa shape index (κ1) is 20.0. The van der Waals surface area contributed by atoms with Crippen molar-refractivity contribution in [1.82, 2.24) is 14.4 Å². The molecule has 2 aromatic carbocycles. The second-order valence-corrected chi connectivity index (χ2v) is 7.77. The van der Waals surface area contributed by atoms with Gasteiger partial charge in [-0.1, -0.05) is 40.9 Å². The zero-order valence-electron chi connectivity index (χ0n) is 15.3. The highest BCUT2D eigenvalue weighted by Crippen LogP contribution is 2.39. The number of ether oxygens (including phenoxy) is 2. The van der Waals surface area contributed by atoms with Crippen LogP contribution in [0.2, 0.25) is 15.1 Å². The number of aromatic amines is 1. The summed E-state index contributed by atoms with van der Waals surface area (Å²) in [4.78, 5) is 7.73. The summed E-state index contributed by atoms with van der Waals surface area (Å²) in [6.07, 6.45) is 3.54. The number of hydrogen-bond acceptors (Lipinski definition) is 4. The Hall–Kier alpha value is -2.25. The minimum absolute atomic E-state index is 0.399. The normalized spacial score (nSPS) is 11.1. The Morgan fingerprint density at radius 2 is 1.69 bits per heavy atom. The monoisotopic (exact) mass is 465 g/mol. The quantitative estimate of drug-likeness (QED) is 0.340. The fourth-order valence-electron chi connectivity index (χ4n) is 3.12. The van der Waals surface area contributed by atoms with Crippen LogP contribution in [-0.4, -0.2) is 28.6 Å². The van der Waals surface area contributed by atoms with Gasteiger partial charge in [-0.2, -0.15) is 0 Å². The van der Waals surface area contributed by atoms with Gasteiger partial charge in [0.05, 0.1) is 30.0 Å². The lowest BCUT2D eigenvalue weighted by atomic mass is 10.1. The molecule has 0 amide bonds. The van der Waals surface area contributed by atoms with Gasteiger partial charge in [-0.05, 0) is 30.4 Å². The number of nitrogens with zero attached hydrogens (tertiary/aromatic N) is 2. The molecule has 29 heavy (non-hydrogen) atoms. The van der Waals surface area contributed by atoms with Gasteiger partial charge in [0.2, 0.25) is 4.77 Å². The van der Waals surface area contributed by atoms with E-state index in [-0.39, 0.29) is 0 Å². The van der Waals surface area contributed by atoms with Gasteiger partial charge in [-0.15, -0.1) is 0 Å². The molecule has 2 heterocycles. The molecule has 0 spiro atoms. The van der Waals surface area contributed by atoms with E-state index in [0.717, 1.165) is 28.0 Å². The fraction of sp³-hybridized carbons (Fsp3) is 0.100. The van der Waals surface area contributed by atoms with E-state index in [9.17, 15) is 0 Å². The van der Waals surface area contributed by atoms with Crippen LogP contribution in [0.5, 0.6) is 11.5 Å². The summed E-state index contributed by atoms with van der Waals surface area (Å²) in [5.41, 5.74) is 3.82. The van der Waals surface area contributed by atoms with Gasteiger partial charge < -0.3 is 14.5 Å². The summed E-state index contributed by atoms with van der Waals surface area (Å²) in [5, 5.41) is 1.53. The van der Waals surface area contributed by atoms with Gasteiger partial charge in [-0.3, -0.25) is 4.40 Å². The lowest BCUT2D eigenvalue weighted by Gasteiger charge is -2.10. The molecule has 0 unspecified atom stereocenters. The van der Waals surface area contributed by atoms with Crippen molar-refractivity contribution in [2.75, 3.05) is 14.2 Å². The highest BCUT2D eigenvalue weighted by molar-refractivity contribution is 7.71. The number of imidazole rings is 1. The van der Waals surface area contributed by atoms with Crippen LogP contribution in [0.1, 0.15) is 0 Å². The Bertz CT molecular complexity index is 1300. The zero-order chi connectivity index (χ0) is 20.7. The number of methoxy groups -OCH3 is 2. The minimum atomic E-state index is 0.399. The standard InChI is InChI=1S/C20H14Cl3N3O2S/c1-27-17-7-15(23)18(28-2)6-12(17)16-9-26-19(25-16)13(8-24-20(26)29)11-4-3-10(21)5-14(11)22/h3-9,25H,1-2H3. The van der Waals surface area contributed by atoms with E-state index in [1.165, 1.54) is 0 Å². The Labute approximate surface area is 186 Å². The van der Waals surface area contributed by atoms with E-state index in [0.29, 0.717) is 31.3 Å². The largest absolute Gasteiger partial charge is 0.496 e. The molecule has 0 aliphatic heterocycles. The first-order valence-electron chi connectivity index (χ1n) is 8.40. The zero-order valence-corrected chi connectivity index (χ0v) is 18.4. The topological polar surface area (TPSA) is 51.5 Å². The molecule has 4 aromatic rings. The molecule has 148 valence electrons. The van der Waals surface area contributed by atoms with Gasteiger partial charge >= 0.3 is 0 Å². The van der Waals surface area contributed by atoms with Crippen molar-refractivity contribution < 1.29 is 9.47 Å². The maximum atomic E-state index is 6.42. The average Bonchev–Trinajstić information content (AvgIpc) is 3.15. The molecule has 0 fully saturated rings. The third kappa shape index (κ3) is 3.57. The Balaban J connectivity index is 1.98. The Morgan fingerprint density at radius 3 is 2.38 bits per heavy atom. The summed E-state index contributed by atoms with van der Waals surface area (Å²) >= 11 is 24.1. The van der Waals surface area contributed by atoms with Crippen LogP contribution in [-0.2, 0) is 0 Å². The molecule has 4 rings (SSSR count). The van der Waals surface area contributed by atoms with Crippen molar-refractivity contribution in [2.24, 2.45) is 0 Å².